The van der Waals surface area contributed by atoms with Crippen molar-refractivity contribution in [2.45, 2.75) is 32.6 Å². The van der Waals surface area contributed by atoms with Crippen molar-refractivity contribution in [3.05, 3.63) is 83.4 Å². The maximum absolute atomic E-state index is 14.6. The second-order valence-corrected chi connectivity index (χ2v) is 6.58. The average molecular weight is 372 g/mol. The highest BCUT2D eigenvalue weighted by Crippen LogP contribution is 2.31. The summed E-state index contributed by atoms with van der Waals surface area (Å²) in [6.45, 7) is 4.30. The summed E-state index contributed by atoms with van der Waals surface area (Å²) in [5, 5.41) is 0. The molecular formula is C23H20F4. The maximum Gasteiger partial charge on any atom is 0.194 e. The topological polar surface area (TPSA) is 0 Å². The van der Waals surface area contributed by atoms with Crippen molar-refractivity contribution in [3.8, 4) is 22.3 Å². The van der Waals surface area contributed by atoms with Crippen molar-refractivity contribution in [2.75, 3.05) is 0 Å². The Balaban J connectivity index is 1.93. The van der Waals surface area contributed by atoms with Gasteiger partial charge in [-0.25, -0.2) is 17.6 Å². The SMILES string of the molecule is CCC(CC)c1ccc(-c2ccc(-c3cc(F)c(F)c(F)c3)c(F)c2)cc1. The lowest BCUT2D eigenvalue weighted by atomic mass is 9.92. The third-order valence-corrected chi connectivity index (χ3v) is 4.96. The van der Waals surface area contributed by atoms with Crippen LogP contribution in [0, 0.1) is 23.3 Å². The van der Waals surface area contributed by atoms with E-state index in [0.717, 1.165) is 30.5 Å². The highest BCUT2D eigenvalue weighted by molar-refractivity contribution is 5.71. The number of hydrogen-bond acceptors (Lipinski definition) is 0. The molecule has 0 aliphatic heterocycles. The van der Waals surface area contributed by atoms with E-state index >= 15 is 0 Å². The van der Waals surface area contributed by atoms with Crippen LogP contribution in [0.5, 0.6) is 0 Å². The van der Waals surface area contributed by atoms with Gasteiger partial charge in [0.15, 0.2) is 17.5 Å². The summed E-state index contributed by atoms with van der Waals surface area (Å²) in [5.74, 6) is -4.37. The zero-order chi connectivity index (χ0) is 19.6. The van der Waals surface area contributed by atoms with Crippen LogP contribution in [0.25, 0.3) is 22.3 Å². The fraction of sp³-hybridized carbons (Fsp3) is 0.217. The first-order chi connectivity index (χ1) is 12.9. The smallest absolute Gasteiger partial charge is 0.194 e. The summed E-state index contributed by atoms with van der Waals surface area (Å²) in [5.41, 5.74) is 2.74. The molecule has 0 heterocycles. The first-order valence-corrected chi connectivity index (χ1v) is 8.99. The van der Waals surface area contributed by atoms with E-state index in [4.69, 9.17) is 0 Å². The second kappa shape index (κ2) is 7.95. The van der Waals surface area contributed by atoms with Gasteiger partial charge in [-0.2, -0.15) is 0 Å². The number of hydrogen-bond donors (Lipinski definition) is 0. The monoisotopic (exact) mass is 372 g/mol. The van der Waals surface area contributed by atoms with E-state index < -0.39 is 23.3 Å². The molecule has 0 aliphatic carbocycles. The first kappa shape index (κ1) is 19.2. The van der Waals surface area contributed by atoms with E-state index in [0.29, 0.717) is 11.5 Å². The van der Waals surface area contributed by atoms with Crippen LogP contribution in [0.15, 0.2) is 54.6 Å². The van der Waals surface area contributed by atoms with E-state index in [-0.39, 0.29) is 11.1 Å². The first-order valence-electron chi connectivity index (χ1n) is 8.99. The molecule has 3 aromatic rings. The zero-order valence-corrected chi connectivity index (χ0v) is 15.2. The normalized spacial score (nSPS) is 11.2. The molecule has 0 atom stereocenters. The molecule has 0 saturated heterocycles. The Morgan fingerprint density at radius 1 is 0.630 bits per heavy atom. The molecular weight excluding hydrogens is 352 g/mol. The van der Waals surface area contributed by atoms with Crippen molar-refractivity contribution >= 4 is 0 Å². The molecule has 27 heavy (non-hydrogen) atoms. The largest absolute Gasteiger partial charge is 0.206 e. The van der Waals surface area contributed by atoms with Gasteiger partial charge < -0.3 is 0 Å². The fourth-order valence-corrected chi connectivity index (χ4v) is 3.35. The van der Waals surface area contributed by atoms with Gasteiger partial charge in [-0.15, -0.1) is 0 Å². The predicted molar refractivity (Wildman–Crippen MR) is 100 cm³/mol. The van der Waals surface area contributed by atoms with Crippen LogP contribution in [-0.4, -0.2) is 0 Å². The van der Waals surface area contributed by atoms with Crippen LogP contribution in [0.4, 0.5) is 17.6 Å². The zero-order valence-electron chi connectivity index (χ0n) is 15.2. The second-order valence-electron chi connectivity index (χ2n) is 6.58. The Kier molecular flexibility index (Phi) is 5.64. The minimum Gasteiger partial charge on any atom is -0.206 e. The molecule has 3 aromatic carbocycles. The molecule has 0 bridgehead atoms. The molecule has 140 valence electrons. The average Bonchev–Trinajstić information content (AvgIpc) is 2.67. The summed E-state index contributed by atoms with van der Waals surface area (Å²) in [6, 6.07) is 14.0. The molecule has 3 rings (SSSR count). The van der Waals surface area contributed by atoms with Crippen molar-refractivity contribution in [2.24, 2.45) is 0 Å². The molecule has 0 spiro atoms. The van der Waals surface area contributed by atoms with Crippen molar-refractivity contribution in [1.82, 2.24) is 0 Å². The van der Waals surface area contributed by atoms with Crippen LogP contribution in [0.1, 0.15) is 38.2 Å². The Morgan fingerprint density at radius 3 is 1.67 bits per heavy atom. The van der Waals surface area contributed by atoms with Crippen molar-refractivity contribution in [3.63, 3.8) is 0 Å². The van der Waals surface area contributed by atoms with Crippen LogP contribution in [0.3, 0.4) is 0 Å². The molecule has 4 heteroatoms. The Bertz CT molecular complexity index is 918. The summed E-state index contributed by atoms with van der Waals surface area (Å²) >= 11 is 0. The van der Waals surface area contributed by atoms with Crippen molar-refractivity contribution < 1.29 is 17.6 Å². The van der Waals surface area contributed by atoms with Crippen molar-refractivity contribution in [1.29, 1.82) is 0 Å². The predicted octanol–water partition coefficient (Wildman–Crippen LogP) is 7.48. The molecule has 0 aliphatic rings. The molecule has 0 saturated carbocycles. The fourth-order valence-electron chi connectivity index (χ4n) is 3.35. The van der Waals surface area contributed by atoms with E-state index in [1.165, 1.54) is 17.7 Å². The summed E-state index contributed by atoms with van der Waals surface area (Å²) in [7, 11) is 0. The van der Waals surface area contributed by atoms with Gasteiger partial charge in [0.1, 0.15) is 5.82 Å². The van der Waals surface area contributed by atoms with Gasteiger partial charge in [-0.05, 0) is 59.2 Å². The van der Waals surface area contributed by atoms with Crippen LogP contribution in [-0.2, 0) is 0 Å². The Labute approximate surface area is 156 Å². The van der Waals surface area contributed by atoms with Crippen LogP contribution in [0.2, 0.25) is 0 Å². The van der Waals surface area contributed by atoms with E-state index in [9.17, 15) is 17.6 Å². The maximum atomic E-state index is 14.6. The van der Waals surface area contributed by atoms with E-state index in [2.05, 4.69) is 13.8 Å². The van der Waals surface area contributed by atoms with Gasteiger partial charge in [0.2, 0.25) is 0 Å². The lowest BCUT2D eigenvalue weighted by Crippen LogP contribution is -1.95. The lowest BCUT2D eigenvalue weighted by molar-refractivity contribution is 0.447. The molecule has 0 unspecified atom stereocenters. The lowest BCUT2D eigenvalue weighted by Gasteiger charge is -2.13. The minimum atomic E-state index is -1.56. The molecule has 0 amide bonds. The number of rotatable bonds is 5. The van der Waals surface area contributed by atoms with E-state index in [1.54, 1.807) is 6.07 Å². The van der Waals surface area contributed by atoms with Crippen LogP contribution < -0.4 is 0 Å². The standard InChI is InChI=1S/C23H20F4/c1-3-14(4-2)15-5-7-16(8-6-15)17-9-10-19(20(24)11-17)18-12-21(25)23(27)22(26)13-18/h5-14H,3-4H2,1-2H3. The van der Waals surface area contributed by atoms with Gasteiger partial charge in [-0.1, -0.05) is 50.2 Å². The molecule has 0 radical (unpaired) electrons. The van der Waals surface area contributed by atoms with Gasteiger partial charge in [0.25, 0.3) is 0 Å². The third-order valence-electron chi connectivity index (χ3n) is 4.96. The molecule has 0 N–H and O–H groups in total. The molecule has 0 fully saturated rings. The minimum absolute atomic E-state index is 0.0187. The van der Waals surface area contributed by atoms with Gasteiger partial charge in [0, 0.05) is 5.56 Å². The van der Waals surface area contributed by atoms with Crippen LogP contribution >= 0.6 is 0 Å². The summed E-state index contributed by atoms with van der Waals surface area (Å²) in [4.78, 5) is 0. The summed E-state index contributed by atoms with van der Waals surface area (Å²) < 4.78 is 54.5. The Hall–Kier alpha value is -2.62. The number of halogens is 4. The van der Waals surface area contributed by atoms with Gasteiger partial charge >= 0.3 is 0 Å². The highest BCUT2D eigenvalue weighted by Gasteiger charge is 2.15. The third kappa shape index (κ3) is 3.90. The molecule has 0 aromatic heterocycles. The molecule has 0 nitrogen and oxygen atoms in total. The highest BCUT2D eigenvalue weighted by atomic mass is 19.2. The van der Waals surface area contributed by atoms with Gasteiger partial charge in [0.05, 0.1) is 0 Å². The van der Waals surface area contributed by atoms with E-state index in [1.807, 2.05) is 24.3 Å². The Morgan fingerprint density at radius 2 is 1.15 bits per heavy atom. The quantitative estimate of drug-likeness (QED) is 0.322. The van der Waals surface area contributed by atoms with Gasteiger partial charge in [-0.3, -0.25) is 0 Å². The number of benzene rings is 3. The summed E-state index contributed by atoms with van der Waals surface area (Å²) in [6.07, 6.45) is 2.12.